The molecule has 5 rings (SSSR count). The minimum absolute atomic E-state index is 0.146. The first-order valence-corrected chi connectivity index (χ1v) is 23.9. The van der Waals surface area contributed by atoms with Crippen molar-refractivity contribution >= 4 is 6.08 Å². The fourth-order valence-corrected chi connectivity index (χ4v) is 26.4. The maximum absolute atomic E-state index is 3.23. The first kappa shape index (κ1) is 24.2. The molecule has 2 aromatic rings. The first-order chi connectivity index (χ1) is 15.8. The Bertz CT molecular complexity index is 1240. The van der Waals surface area contributed by atoms with E-state index in [9.17, 15) is 0 Å². The Labute approximate surface area is 212 Å². The third kappa shape index (κ3) is 3.18. The van der Waals surface area contributed by atoms with E-state index in [4.69, 9.17) is 0 Å². The van der Waals surface area contributed by atoms with Gasteiger partial charge in [-0.15, -0.1) is 0 Å². The van der Waals surface area contributed by atoms with E-state index < -0.39 is 20.0 Å². The molecule has 1 unspecified atom stereocenters. The zero-order valence-electron chi connectivity index (χ0n) is 22.8. The number of rotatable bonds is 4. The Balaban J connectivity index is 1.75. The molecule has 2 aromatic carbocycles. The summed E-state index contributed by atoms with van der Waals surface area (Å²) in [5.74, 6) is 0. The van der Waals surface area contributed by atoms with Crippen LogP contribution in [-0.4, -0.2) is 0 Å². The normalized spacial score (nSPS) is 24.7. The molecule has 3 aliphatic rings. The molecular weight excluding hydrogens is 575 g/mol. The average molecular weight is 617 g/mol. The molecule has 0 nitrogen and oxygen atoms in total. The predicted molar refractivity (Wildman–Crippen MR) is 145 cm³/mol. The molecule has 34 heavy (non-hydrogen) atoms. The van der Waals surface area contributed by atoms with Crippen LogP contribution in [0.25, 0.3) is 6.08 Å². The molecule has 0 radical (unpaired) electrons. The monoisotopic (exact) mass is 618 g/mol. The number of hydrogen-bond donors (Lipinski definition) is 0. The summed E-state index contributed by atoms with van der Waals surface area (Å²) in [5, 5.41) is 0. The van der Waals surface area contributed by atoms with Crippen molar-refractivity contribution < 1.29 is 20.0 Å². The average Bonchev–Trinajstić information content (AvgIpc) is 3.35. The van der Waals surface area contributed by atoms with Gasteiger partial charge in [0, 0.05) is 0 Å². The van der Waals surface area contributed by atoms with Crippen molar-refractivity contribution in [3.63, 3.8) is 0 Å². The third-order valence-electron chi connectivity index (χ3n) is 10.6. The van der Waals surface area contributed by atoms with Crippen molar-refractivity contribution in [3.8, 4) is 0 Å². The van der Waals surface area contributed by atoms with E-state index in [1.165, 1.54) is 24.0 Å². The van der Waals surface area contributed by atoms with Crippen LogP contribution < -0.4 is 0 Å². The van der Waals surface area contributed by atoms with E-state index in [0.717, 1.165) is 6.42 Å². The zero-order valence-corrected chi connectivity index (χ0v) is 26.4. The van der Waals surface area contributed by atoms with Crippen molar-refractivity contribution in [3.05, 3.63) is 98.7 Å². The summed E-state index contributed by atoms with van der Waals surface area (Å²) in [4.78, 5) is 0. The van der Waals surface area contributed by atoms with Gasteiger partial charge in [-0.3, -0.25) is 0 Å². The second kappa shape index (κ2) is 7.76. The molecule has 0 fully saturated rings. The molecule has 0 spiro atoms. The number of allylic oxidation sites excluding steroid dienone is 5. The van der Waals surface area contributed by atoms with Gasteiger partial charge in [0.2, 0.25) is 0 Å². The Morgan fingerprint density at radius 1 is 0.794 bits per heavy atom. The van der Waals surface area contributed by atoms with Crippen LogP contribution in [-0.2, 0) is 42.4 Å². The molecule has 0 aliphatic heterocycles. The summed E-state index contributed by atoms with van der Waals surface area (Å²) in [6.07, 6.45) is 8.73. The zero-order chi connectivity index (χ0) is 24.7. The van der Waals surface area contributed by atoms with Gasteiger partial charge in [-0.25, -0.2) is 0 Å². The van der Waals surface area contributed by atoms with Crippen LogP contribution >= 0.6 is 0 Å². The van der Waals surface area contributed by atoms with Gasteiger partial charge in [0.1, 0.15) is 0 Å². The second-order valence-electron chi connectivity index (χ2n) is 12.9. The van der Waals surface area contributed by atoms with Crippen molar-refractivity contribution in [2.45, 2.75) is 83.4 Å². The topological polar surface area (TPSA) is 0 Å². The molecule has 0 heterocycles. The van der Waals surface area contributed by atoms with Gasteiger partial charge in [0.15, 0.2) is 0 Å². The SMILES string of the molecule is CC1=C(C)[C](C)([Hf]([CH3])([CH3])[C]2(Cc3ccccc3)C=Cc3cc4c(cc32)CC(C)(C)C4)C(C)=C1C. The molecule has 0 bridgehead atoms. The number of hydrogen-bond acceptors (Lipinski definition) is 0. The summed E-state index contributed by atoms with van der Waals surface area (Å²) in [6, 6.07) is 16.5. The van der Waals surface area contributed by atoms with Gasteiger partial charge in [-0.2, -0.15) is 0 Å². The second-order valence-corrected chi connectivity index (χ2v) is 31.4. The molecule has 3 aliphatic carbocycles. The van der Waals surface area contributed by atoms with Crippen LogP contribution in [0, 0.1) is 5.41 Å². The van der Waals surface area contributed by atoms with Gasteiger partial charge in [-0.1, -0.05) is 0 Å². The van der Waals surface area contributed by atoms with Gasteiger partial charge < -0.3 is 0 Å². The van der Waals surface area contributed by atoms with E-state index in [2.05, 4.69) is 112 Å². The molecule has 0 aromatic heterocycles. The van der Waals surface area contributed by atoms with Crippen molar-refractivity contribution in [2.24, 2.45) is 5.41 Å². The molecule has 1 atom stereocenters. The third-order valence-corrected chi connectivity index (χ3v) is 32.5. The van der Waals surface area contributed by atoms with E-state index >= 15 is 0 Å². The van der Waals surface area contributed by atoms with Crippen LogP contribution in [0.3, 0.4) is 0 Å². The van der Waals surface area contributed by atoms with Crippen LogP contribution in [0.5, 0.6) is 0 Å². The van der Waals surface area contributed by atoms with Crippen molar-refractivity contribution in [1.29, 1.82) is 0 Å². The number of benzene rings is 2. The fourth-order valence-electron chi connectivity index (χ4n) is 7.79. The molecule has 0 N–H and O–H groups in total. The Kier molecular flexibility index (Phi) is 5.53. The van der Waals surface area contributed by atoms with Crippen LogP contribution in [0.15, 0.2) is 70.8 Å². The van der Waals surface area contributed by atoms with Gasteiger partial charge >= 0.3 is 214 Å². The van der Waals surface area contributed by atoms with Crippen LogP contribution in [0.4, 0.5) is 0 Å². The summed E-state index contributed by atoms with van der Waals surface area (Å²) in [7, 11) is 0. The first-order valence-electron chi connectivity index (χ1n) is 13.1. The Hall–Kier alpha value is -1.47. The predicted octanol–water partition coefficient (Wildman–Crippen LogP) is 9.39. The summed E-state index contributed by atoms with van der Waals surface area (Å²) >= 11 is -3.23. The minimum atomic E-state index is -3.23. The maximum atomic E-state index is 2.77. The Morgan fingerprint density at radius 2 is 1.35 bits per heavy atom. The van der Waals surface area contributed by atoms with E-state index in [0.29, 0.717) is 5.41 Å². The fraction of sp³-hybridized carbons (Fsp3) is 0.455. The quantitative estimate of drug-likeness (QED) is 0.300. The van der Waals surface area contributed by atoms with E-state index in [-0.39, 0.29) is 6.34 Å². The van der Waals surface area contributed by atoms with Gasteiger partial charge in [-0.05, 0) is 0 Å². The molecule has 0 amide bonds. The van der Waals surface area contributed by atoms with Crippen molar-refractivity contribution in [2.75, 3.05) is 0 Å². The number of fused-ring (bicyclic) bond motifs is 2. The van der Waals surface area contributed by atoms with Crippen LogP contribution in [0.2, 0.25) is 12.5 Å². The molecular formula is C33H42Hf. The molecule has 0 saturated carbocycles. The Morgan fingerprint density at radius 3 is 1.94 bits per heavy atom. The van der Waals surface area contributed by atoms with Gasteiger partial charge in [0.25, 0.3) is 0 Å². The van der Waals surface area contributed by atoms with E-state index in [1.807, 2.05) is 0 Å². The summed E-state index contributed by atoms with van der Waals surface area (Å²) in [6.45, 7) is 17.1. The molecule has 0 saturated heterocycles. The van der Waals surface area contributed by atoms with Crippen LogP contribution in [0.1, 0.15) is 76.3 Å². The van der Waals surface area contributed by atoms with Gasteiger partial charge in [0.05, 0.1) is 0 Å². The molecule has 178 valence electrons. The summed E-state index contributed by atoms with van der Waals surface area (Å²) in [5.41, 5.74) is 14.6. The van der Waals surface area contributed by atoms with E-state index in [1.54, 1.807) is 39.0 Å². The summed E-state index contributed by atoms with van der Waals surface area (Å²) < 4.78 is 5.91. The van der Waals surface area contributed by atoms with Crippen molar-refractivity contribution in [1.82, 2.24) is 0 Å². The standard InChI is InChI=1S/C21H21.C10H15.2CH3.Hf/c1-21(2)13-18-11-17-9-8-16(20(17)12-19(18)14-21)10-15-6-4-3-5-7-15;1-6-7(2)9(4)10(5)8(6)3;;;/h3-9,11-12H,10,13-14H2,1-2H3;1-5H3;2*1H3;. The molecule has 1 heteroatoms.